The highest BCUT2D eigenvalue weighted by molar-refractivity contribution is 9.10. The largest absolute Gasteiger partial charge is 0.345 e. The molecule has 0 N–H and O–H groups in total. The molecule has 26 heavy (non-hydrogen) atoms. The van der Waals surface area contributed by atoms with E-state index in [1.165, 1.54) is 0 Å². The third-order valence-electron chi connectivity index (χ3n) is 4.89. The number of carbonyl (C=O) groups excluding carboxylic acids is 2. The zero-order chi connectivity index (χ0) is 18.1. The Balaban J connectivity index is 1.37. The standard InChI is InChI=1S/C18H19BrN4O2S/c19-14-1-3-15(4-2-14)23-12-13(11-16(23)24)17(25)21-6-8-22(9-7-21)18-20-5-10-26-18/h1-5,10,13H,6-9,11-12H2. The van der Waals surface area contributed by atoms with Crippen molar-refractivity contribution in [3.05, 3.63) is 40.3 Å². The molecule has 3 heterocycles. The van der Waals surface area contributed by atoms with E-state index in [9.17, 15) is 9.59 Å². The Morgan fingerprint density at radius 1 is 1.15 bits per heavy atom. The van der Waals surface area contributed by atoms with Crippen molar-refractivity contribution in [1.82, 2.24) is 9.88 Å². The minimum atomic E-state index is -0.252. The van der Waals surface area contributed by atoms with Crippen LogP contribution < -0.4 is 9.80 Å². The van der Waals surface area contributed by atoms with Gasteiger partial charge in [0.1, 0.15) is 0 Å². The van der Waals surface area contributed by atoms with Gasteiger partial charge in [-0.1, -0.05) is 15.9 Å². The Kier molecular flexibility index (Phi) is 4.95. The van der Waals surface area contributed by atoms with Crippen LogP contribution in [-0.4, -0.2) is 54.4 Å². The van der Waals surface area contributed by atoms with Gasteiger partial charge in [0.05, 0.1) is 5.92 Å². The predicted octanol–water partition coefficient (Wildman–Crippen LogP) is 2.61. The quantitative estimate of drug-likeness (QED) is 0.744. The molecule has 2 aliphatic rings. The molecule has 1 atom stereocenters. The molecule has 0 bridgehead atoms. The highest BCUT2D eigenvalue weighted by atomic mass is 79.9. The molecule has 6 nitrogen and oxygen atoms in total. The van der Waals surface area contributed by atoms with Crippen LogP contribution in [0.2, 0.25) is 0 Å². The molecule has 2 amide bonds. The number of amides is 2. The molecule has 0 saturated carbocycles. The lowest BCUT2D eigenvalue weighted by atomic mass is 10.1. The predicted molar refractivity (Wildman–Crippen MR) is 106 cm³/mol. The summed E-state index contributed by atoms with van der Waals surface area (Å²) in [5.41, 5.74) is 0.849. The minimum absolute atomic E-state index is 0.0205. The topological polar surface area (TPSA) is 56.8 Å². The number of carbonyl (C=O) groups is 2. The van der Waals surface area contributed by atoms with Crippen LogP contribution in [0, 0.1) is 5.92 Å². The molecule has 136 valence electrons. The van der Waals surface area contributed by atoms with Crippen molar-refractivity contribution in [2.24, 2.45) is 5.92 Å². The third-order valence-corrected chi connectivity index (χ3v) is 6.25. The Morgan fingerprint density at radius 3 is 2.54 bits per heavy atom. The van der Waals surface area contributed by atoms with Gasteiger partial charge in [0.15, 0.2) is 5.13 Å². The van der Waals surface area contributed by atoms with Crippen molar-refractivity contribution < 1.29 is 9.59 Å². The van der Waals surface area contributed by atoms with E-state index in [1.54, 1.807) is 22.4 Å². The highest BCUT2D eigenvalue weighted by Gasteiger charge is 2.38. The van der Waals surface area contributed by atoms with Crippen molar-refractivity contribution in [1.29, 1.82) is 0 Å². The van der Waals surface area contributed by atoms with Gasteiger partial charge in [0, 0.05) is 60.9 Å². The van der Waals surface area contributed by atoms with E-state index in [-0.39, 0.29) is 17.7 Å². The Labute approximate surface area is 164 Å². The Hall–Kier alpha value is -1.93. The van der Waals surface area contributed by atoms with Gasteiger partial charge in [0.2, 0.25) is 11.8 Å². The summed E-state index contributed by atoms with van der Waals surface area (Å²) in [6.45, 7) is 3.40. The number of nitrogens with zero attached hydrogens (tertiary/aromatic N) is 4. The zero-order valence-corrected chi connectivity index (χ0v) is 16.6. The molecule has 0 spiro atoms. The summed E-state index contributed by atoms with van der Waals surface area (Å²) >= 11 is 5.02. The van der Waals surface area contributed by atoms with E-state index in [0.29, 0.717) is 26.1 Å². The second-order valence-electron chi connectivity index (χ2n) is 6.51. The molecule has 8 heteroatoms. The minimum Gasteiger partial charge on any atom is -0.345 e. The summed E-state index contributed by atoms with van der Waals surface area (Å²) in [5, 5.41) is 2.97. The average Bonchev–Trinajstić information content (AvgIpc) is 3.32. The number of piperazine rings is 1. The van der Waals surface area contributed by atoms with Crippen LogP contribution in [0.4, 0.5) is 10.8 Å². The van der Waals surface area contributed by atoms with Gasteiger partial charge in [-0.25, -0.2) is 4.98 Å². The van der Waals surface area contributed by atoms with Crippen LogP contribution in [0.3, 0.4) is 0 Å². The highest BCUT2D eigenvalue weighted by Crippen LogP contribution is 2.28. The summed E-state index contributed by atoms with van der Waals surface area (Å²) in [6.07, 6.45) is 2.10. The zero-order valence-electron chi connectivity index (χ0n) is 14.2. The van der Waals surface area contributed by atoms with E-state index in [0.717, 1.165) is 28.4 Å². The molecular weight excluding hydrogens is 416 g/mol. The van der Waals surface area contributed by atoms with Crippen LogP contribution in [0.25, 0.3) is 0 Å². The van der Waals surface area contributed by atoms with E-state index >= 15 is 0 Å². The van der Waals surface area contributed by atoms with Gasteiger partial charge in [-0.2, -0.15) is 0 Å². The smallest absolute Gasteiger partial charge is 0.228 e. The molecule has 0 radical (unpaired) electrons. The normalized spacial score (nSPS) is 20.7. The number of benzene rings is 1. The van der Waals surface area contributed by atoms with Gasteiger partial charge in [-0.05, 0) is 24.3 Å². The van der Waals surface area contributed by atoms with Crippen molar-refractivity contribution in [3.63, 3.8) is 0 Å². The maximum Gasteiger partial charge on any atom is 0.228 e. The van der Waals surface area contributed by atoms with E-state index in [1.807, 2.05) is 34.5 Å². The number of aromatic nitrogens is 1. The van der Waals surface area contributed by atoms with Gasteiger partial charge in [-0.3, -0.25) is 9.59 Å². The molecule has 2 aromatic rings. The lowest BCUT2D eigenvalue weighted by Crippen LogP contribution is -2.50. The first-order valence-corrected chi connectivity index (χ1v) is 10.3. The van der Waals surface area contributed by atoms with Crippen molar-refractivity contribution in [2.45, 2.75) is 6.42 Å². The van der Waals surface area contributed by atoms with Gasteiger partial charge in [0.25, 0.3) is 0 Å². The Morgan fingerprint density at radius 2 is 1.88 bits per heavy atom. The number of halogens is 1. The summed E-state index contributed by atoms with van der Waals surface area (Å²) in [5.74, 6) is -0.138. The molecule has 0 aliphatic carbocycles. The average molecular weight is 435 g/mol. The van der Waals surface area contributed by atoms with Crippen LogP contribution in [0.5, 0.6) is 0 Å². The van der Waals surface area contributed by atoms with Crippen molar-refractivity contribution in [2.75, 3.05) is 42.5 Å². The third kappa shape index (κ3) is 3.48. The van der Waals surface area contributed by atoms with Crippen LogP contribution >= 0.6 is 27.3 Å². The number of hydrogen-bond donors (Lipinski definition) is 0. The van der Waals surface area contributed by atoms with E-state index < -0.39 is 0 Å². The maximum atomic E-state index is 12.9. The van der Waals surface area contributed by atoms with E-state index in [2.05, 4.69) is 25.8 Å². The second kappa shape index (κ2) is 7.36. The van der Waals surface area contributed by atoms with Crippen LogP contribution in [0.15, 0.2) is 40.3 Å². The number of rotatable bonds is 3. The summed E-state index contributed by atoms with van der Waals surface area (Å²) in [6, 6.07) is 7.63. The first-order valence-electron chi connectivity index (χ1n) is 8.61. The fourth-order valence-electron chi connectivity index (χ4n) is 3.49. The number of thiazole rings is 1. The maximum absolute atomic E-state index is 12.9. The van der Waals surface area contributed by atoms with Crippen molar-refractivity contribution >= 4 is 49.9 Å². The lowest BCUT2D eigenvalue weighted by Gasteiger charge is -2.35. The fraction of sp³-hybridized carbons (Fsp3) is 0.389. The monoisotopic (exact) mass is 434 g/mol. The molecule has 2 saturated heterocycles. The molecule has 2 aliphatic heterocycles. The first kappa shape index (κ1) is 17.5. The van der Waals surface area contributed by atoms with Crippen LogP contribution in [-0.2, 0) is 9.59 Å². The van der Waals surface area contributed by atoms with Gasteiger partial charge in [-0.15, -0.1) is 11.3 Å². The van der Waals surface area contributed by atoms with E-state index in [4.69, 9.17) is 0 Å². The molecule has 1 unspecified atom stereocenters. The molecule has 1 aromatic heterocycles. The fourth-order valence-corrected chi connectivity index (χ4v) is 4.45. The van der Waals surface area contributed by atoms with Crippen LogP contribution in [0.1, 0.15) is 6.42 Å². The van der Waals surface area contributed by atoms with Crippen molar-refractivity contribution in [3.8, 4) is 0 Å². The SMILES string of the molecule is O=C(C1CC(=O)N(c2ccc(Br)cc2)C1)N1CCN(c2nccs2)CC1. The number of anilines is 2. The van der Waals surface area contributed by atoms with Gasteiger partial charge < -0.3 is 14.7 Å². The Bertz CT molecular complexity index is 788. The number of hydrogen-bond acceptors (Lipinski definition) is 5. The summed E-state index contributed by atoms with van der Waals surface area (Å²) < 4.78 is 0.971. The summed E-state index contributed by atoms with van der Waals surface area (Å²) in [4.78, 5) is 35.4. The second-order valence-corrected chi connectivity index (χ2v) is 8.30. The molecule has 2 fully saturated rings. The lowest BCUT2D eigenvalue weighted by molar-refractivity contribution is -0.136. The first-order chi connectivity index (χ1) is 12.6. The molecule has 1 aromatic carbocycles. The summed E-state index contributed by atoms with van der Waals surface area (Å²) in [7, 11) is 0. The molecule has 4 rings (SSSR count). The molecular formula is C18H19BrN4O2S. The van der Waals surface area contributed by atoms with Gasteiger partial charge >= 0.3 is 0 Å².